The highest BCUT2D eigenvalue weighted by Crippen LogP contribution is 2.26. The number of carbonyl (C=O) groups excluding carboxylic acids is 1. The molecule has 0 aliphatic heterocycles. The Morgan fingerprint density at radius 2 is 1.61 bits per heavy atom. The lowest BCUT2D eigenvalue weighted by molar-refractivity contribution is 0.0667. The number of hydrogen-bond donors (Lipinski definition) is 0. The van der Waals surface area contributed by atoms with Gasteiger partial charge in [-0.25, -0.2) is 4.98 Å². The standard InChI is InChI=1S/C27H30N4O2/c1-5-30-25(28-24-16-9-8-14-23(24)27(30)33)19(2)31(18-17-29(3)4)26(32)22-15-10-12-20-11-6-7-13-21(20)22/h6-16,19H,5,17-18H2,1-4H3. The highest BCUT2D eigenvalue weighted by molar-refractivity contribution is 6.07. The first-order valence-electron chi connectivity index (χ1n) is 11.3. The van der Waals surface area contributed by atoms with Crippen molar-refractivity contribution in [3.05, 3.63) is 88.5 Å². The maximum absolute atomic E-state index is 13.9. The Kier molecular flexibility index (Phi) is 6.56. The molecule has 0 saturated heterocycles. The lowest BCUT2D eigenvalue weighted by atomic mass is 10.0. The monoisotopic (exact) mass is 442 g/mol. The van der Waals surface area contributed by atoms with Crippen molar-refractivity contribution in [2.24, 2.45) is 0 Å². The first kappa shape index (κ1) is 22.7. The second-order valence-corrected chi connectivity index (χ2v) is 8.54. The van der Waals surface area contributed by atoms with Gasteiger partial charge in [0.2, 0.25) is 0 Å². The average Bonchev–Trinajstić information content (AvgIpc) is 2.83. The fourth-order valence-corrected chi connectivity index (χ4v) is 4.29. The van der Waals surface area contributed by atoms with Crippen molar-refractivity contribution in [1.82, 2.24) is 19.4 Å². The summed E-state index contributed by atoms with van der Waals surface area (Å²) in [5.41, 5.74) is 1.24. The fourth-order valence-electron chi connectivity index (χ4n) is 4.29. The molecule has 170 valence electrons. The molecule has 0 aliphatic rings. The molecule has 0 bridgehead atoms. The lowest BCUT2D eigenvalue weighted by Crippen LogP contribution is -2.41. The maximum atomic E-state index is 13.9. The van der Waals surface area contributed by atoms with Gasteiger partial charge in [-0.3, -0.25) is 14.2 Å². The Balaban J connectivity index is 1.84. The van der Waals surface area contributed by atoms with Crippen molar-refractivity contribution in [3.8, 4) is 0 Å². The number of rotatable bonds is 7. The zero-order chi connectivity index (χ0) is 23.5. The summed E-state index contributed by atoms with van der Waals surface area (Å²) in [7, 11) is 3.98. The third-order valence-corrected chi connectivity index (χ3v) is 6.12. The van der Waals surface area contributed by atoms with Gasteiger partial charge in [-0.05, 0) is 56.9 Å². The quantitative estimate of drug-likeness (QED) is 0.427. The molecule has 3 aromatic carbocycles. The van der Waals surface area contributed by atoms with Crippen LogP contribution in [0, 0.1) is 0 Å². The highest BCUT2D eigenvalue weighted by Gasteiger charge is 2.27. The highest BCUT2D eigenvalue weighted by atomic mass is 16.2. The predicted molar refractivity (Wildman–Crippen MR) is 134 cm³/mol. The van der Waals surface area contributed by atoms with E-state index in [1.807, 2.05) is 93.5 Å². The second kappa shape index (κ2) is 9.55. The van der Waals surface area contributed by atoms with Gasteiger partial charge in [-0.1, -0.05) is 48.5 Å². The van der Waals surface area contributed by atoms with Crippen LogP contribution in [0.15, 0.2) is 71.5 Å². The fraction of sp³-hybridized carbons (Fsp3) is 0.296. The molecule has 33 heavy (non-hydrogen) atoms. The third kappa shape index (κ3) is 4.39. The smallest absolute Gasteiger partial charge is 0.261 e. The number of hydrogen-bond acceptors (Lipinski definition) is 4. The minimum absolute atomic E-state index is 0.0637. The molecule has 6 heteroatoms. The van der Waals surface area contributed by atoms with E-state index in [1.165, 1.54) is 0 Å². The van der Waals surface area contributed by atoms with Gasteiger partial charge in [0.25, 0.3) is 11.5 Å². The minimum atomic E-state index is -0.381. The number of amides is 1. The first-order valence-corrected chi connectivity index (χ1v) is 11.3. The lowest BCUT2D eigenvalue weighted by Gasteiger charge is -2.31. The van der Waals surface area contributed by atoms with Crippen LogP contribution in [-0.4, -0.2) is 52.4 Å². The topological polar surface area (TPSA) is 58.4 Å². The number of para-hydroxylation sites is 1. The number of likely N-dealkylation sites (N-methyl/N-ethyl adjacent to an activating group) is 1. The van der Waals surface area contributed by atoms with Gasteiger partial charge in [-0.2, -0.15) is 0 Å². The summed E-state index contributed by atoms with van der Waals surface area (Å²) >= 11 is 0. The number of nitrogens with zero attached hydrogens (tertiary/aromatic N) is 4. The van der Waals surface area contributed by atoms with Gasteiger partial charge >= 0.3 is 0 Å². The summed E-state index contributed by atoms with van der Waals surface area (Å²) in [6.07, 6.45) is 0. The van der Waals surface area contributed by atoms with Crippen LogP contribution in [0.4, 0.5) is 0 Å². The first-order chi connectivity index (χ1) is 15.9. The van der Waals surface area contributed by atoms with Gasteiger partial charge in [0.05, 0.1) is 16.9 Å². The molecule has 0 spiro atoms. The SMILES string of the molecule is CCn1c(C(C)N(CCN(C)C)C(=O)c2cccc3ccccc23)nc2ccccc2c1=O. The van der Waals surface area contributed by atoms with E-state index in [0.717, 1.165) is 10.8 Å². The zero-order valence-electron chi connectivity index (χ0n) is 19.7. The molecule has 6 nitrogen and oxygen atoms in total. The van der Waals surface area contributed by atoms with Crippen molar-refractivity contribution >= 4 is 27.6 Å². The molecule has 1 unspecified atom stereocenters. The zero-order valence-corrected chi connectivity index (χ0v) is 19.7. The molecule has 1 aromatic heterocycles. The molecule has 0 saturated carbocycles. The van der Waals surface area contributed by atoms with E-state index < -0.39 is 0 Å². The van der Waals surface area contributed by atoms with Gasteiger partial charge in [0.15, 0.2) is 0 Å². The van der Waals surface area contributed by atoms with Crippen molar-refractivity contribution in [1.29, 1.82) is 0 Å². The Labute approximate surface area is 194 Å². The summed E-state index contributed by atoms with van der Waals surface area (Å²) in [5, 5.41) is 2.54. The van der Waals surface area contributed by atoms with E-state index >= 15 is 0 Å². The Bertz CT molecular complexity index is 1350. The van der Waals surface area contributed by atoms with Crippen molar-refractivity contribution in [3.63, 3.8) is 0 Å². The molecule has 4 rings (SSSR count). The molecule has 0 radical (unpaired) electrons. The molecule has 0 fully saturated rings. The summed E-state index contributed by atoms with van der Waals surface area (Å²) < 4.78 is 1.69. The van der Waals surface area contributed by atoms with Crippen LogP contribution in [0.5, 0.6) is 0 Å². The van der Waals surface area contributed by atoms with Crippen LogP contribution in [-0.2, 0) is 6.54 Å². The molecule has 0 N–H and O–H groups in total. The average molecular weight is 443 g/mol. The van der Waals surface area contributed by atoms with Crippen molar-refractivity contribution in [2.45, 2.75) is 26.4 Å². The third-order valence-electron chi connectivity index (χ3n) is 6.12. The Hall–Kier alpha value is -3.51. The maximum Gasteiger partial charge on any atom is 0.261 e. The van der Waals surface area contributed by atoms with Crippen molar-refractivity contribution in [2.75, 3.05) is 27.2 Å². The van der Waals surface area contributed by atoms with E-state index in [-0.39, 0.29) is 17.5 Å². The predicted octanol–water partition coefficient (Wildman–Crippen LogP) is 4.33. The molecule has 4 aromatic rings. The Morgan fingerprint density at radius 1 is 0.939 bits per heavy atom. The van der Waals surface area contributed by atoms with Gasteiger partial charge in [0, 0.05) is 25.2 Å². The van der Waals surface area contributed by atoms with Crippen LogP contribution in [0.1, 0.15) is 36.1 Å². The molecular formula is C27H30N4O2. The van der Waals surface area contributed by atoms with Crippen LogP contribution in [0.25, 0.3) is 21.7 Å². The summed E-state index contributed by atoms with van der Waals surface area (Å²) in [6.45, 7) is 5.60. The van der Waals surface area contributed by atoms with E-state index in [1.54, 1.807) is 10.6 Å². The van der Waals surface area contributed by atoms with Gasteiger partial charge in [0.1, 0.15) is 5.82 Å². The van der Waals surface area contributed by atoms with E-state index in [4.69, 9.17) is 4.98 Å². The number of carbonyl (C=O) groups is 1. The summed E-state index contributed by atoms with van der Waals surface area (Å²) in [6, 6.07) is 20.7. The summed E-state index contributed by atoms with van der Waals surface area (Å²) in [5.74, 6) is 0.541. The number of benzene rings is 3. The minimum Gasteiger partial charge on any atom is -0.327 e. The van der Waals surface area contributed by atoms with E-state index in [2.05, 4.69) is 4.90 Å². The second-order valence-electron chi connectivity index (χ2n) is 8.54. The van der Waals surface area contributed by atoms with Crippen molar-refractivity contribution < 1.29 is 4.79 Å². The van der Waals surface area contributed by atoms with Crippen LogP contribution in [0.2, 0.25) is 0 Å². The van der Waals surface area contributed by atoms with Crippen LogP contribution < -0.4 is 5.56 Å². The molecule has 1 amide bonds. The van der Waals surface area contributed by atoms with Gasteiger partial charge in [-0.15, -0.1) is 0 Å². The molecule has 1 heterocycles. The molecule has 0 aliphatic carbocycles. The molecule has 1 atom stereocenters. The normalized spacial score (nSPS) is 12.4. The Morgan fingerprint density at radius 3 is 2.33 bits per heavy atom. The number of aromatic nitrogens is 2. The van der Waals surface area contributed by atoms with Crippen LogP contribution >= 0.6 is 0 Å². The molecular weight excluding hydrogens is 412 g/mol. The van der Waals surface area contributed by atoms with E-state index in [0.29, 0.717) is 41.9 Å². The summed E-state index contributed by atoms with van der Waals surface area (Å²) in [4.78, 5) is 35.9. The largest absolute Gasteiger partial charge is 0.327 e. The van der Waals surface area contributed by atoms with E-state index in [9.17, 15) is 9.59 Å². The van der Waals surface area contributed by atoms with Gasteiger partial charge < -0.3 is 9.80 Å². The number of fused-ring (bicyclic) bond motifs is 2. The van der Waals surface area contributed by atoms with Crippen LogP contribution in [0.3, 0.4) is 0 Å².